The fourth-order valence-corrected chi connectivity index (χ4v) is 3.46. The zero-order chi connectivity index (χ0) is 19.5. The molecule has 0 fully saturated rings. The van der Waals surface area contributed by atoms with Crippen LogP contribution in [-0.4, -0.2) is 33.3 Å². The number of nitrogens with zero attached hydrogens (tertiary/aromatic N) is 2. The lowest BCUT2D eigenvalue weighted by Crippen LogP contribution is -2.39. The predicted octanol–water partition coefficient (Wildman–Crippen LogP) is 2.88. The Morgan fingerprint density at radius 3 is 2.58 bits per heavy atom. The molecule has 2 rings (SSSR count). The van der Waals surface area contributed by atoms with Crippen LogP contribution in [-0.2, 0) is 14.8 Å². The van der Waals surface area contributed by atoms with Crippen LogP contribution < -0.4 is 9.73 Å². The Bertz CT molecular complexity index is 931. The van der Waals surface area contributed by atoms with Gasteiger partial charge in [-0.3, -0.25) is 9.10 Å². The third-order valence-electron chi connectivity index (χ3n) is 3.58. The van der Waals surface area contributed by atoms with Crippen LogP contribution in [0.4, 0.5) is 5.69 Å². The lowest BCUT2D eigenvalue weighted by atomic mass is 10.1. The summed E-state index contributed by atoms with van der Waals surface area (Å²) in [7, 11) is -3.64. The van der Waals surface area contributed by atoms with Crippen molar-refractivity contribution in [2.24, 2.45) is 5.10 Å². The summed E-state index contributed by atoms with van der Waals surface area (Å²) in [5, 5.41) is 3.80. The Labute approximate surface area is 161 Å². The number of halogens is 1. The van der Waals surface area contributed by atoms with Gasteiger partial charge in [0.05, 0.1) is 22.6 Å². The van der Waals surface area contributed by atoms with Gasteiger partial charge < -0.3 is 4.42 Å². The number of aryl methyl sites for hydroxylation is 3. The van der Waals surface area contributed by atoms with Gasteiger partial charge >= 0.3 is 0 Å². The number of furan rings is 1. The van der Waals surface area contributed by atoms with Gasteiger partial charge in [-0.05, 0) is 53.9 Å². The topological polar surface area (TPSA) is 92.0 Å². The highest BCUT2D eigenvalue weighted by molar-refractivity contribution is 9.10. The van der Waals surface area contributed by atoms with Crippen molar-refractivity contribution in [2.75, 3.05) is 17.1 Å². The van der Waals surface area contributed by atoms with Crippen LogP contribution in [0.3, 0.4) is 0 Å². The number of benzene rings is 1. The van der Waals surface area contributed by atoms with E-state index in [0.29, 0.717) is 17.2 Å². The van der Waals surface area contributed by atoms with Crippen molar-refractivity contribution in [3.63, 3.8) is 0 Å². The van der Waals surface area contributed by atoms with Gasteiger partial charge in [-0.1, -0.05) is 12.1 Å². The minimum absolute atomic E-state index is 0.374. The molecule has 0 aliphatic heterocycles. The van der Waals surface area contributed by atoms with E-state index in [9.17, 15) is 13.2 Å². The van der Waals surface area contributed by atoms with Gasteiger partial charge in [0.25, 0.3) is 5.91 Å². The molecule has 140 valence electrons. The number of amides is 1. The largest absolute Gasteiger partial charge is 0.459 e. The molecule has 1 aromatic carbocycles. The van der Waals surface area contributed by atoms with Crippen LogP contribution in [0.5, 0.6) is 0 Å². The van der Waals surface area contributed by atoms with Gasteiger partial charge in [0.15, 0.2) is 0 Å². The summed E-state index contributed by atoms with van der Waals surface area (Å²) in [4.78, 5) is 12.2. The first kappa shape index (κ1) is 20.2. The zero-order valence-electron chi connectivity index (χ0n) is 14.9. The molecular weight excluding hydrogens is 422 g/mol. The maximum absolute atomic E-state index is 12.2. The van der Waals surface area contributed by atoms with Crippen LogP contribution in [0.25, 0.3) is 0 Å². The first-order valence-electron chi connectivity index (χ1n) is 7.70. The summed E-state index contributed by atoms with van der Waals surface area (Å²) in [5.74, 6) is 0.593. The summed E-state index contributed by atoms with van der Waals surface area (Å²) >= 11 is 3.31. The molecule has 0 aliphatic carbocycles. The standard InChI is InChI=1S/C17H20BrN3O4S/c1-11-5-6-12(2)16(7-11)21(26(4,23)24)10-17(22)20-19-9-14-8-15(18)13(3)25-14/h5-9H,10H2,1-4H3,(H,20,22)/b19-9-. The van der Waals surface area contributed by atoms with E-state index in [2.05, 4.69) is 26.5 Å². The Hall–Kier alpha value is -2.13. The smallest absolute Gasteiger partial charge is 0.260 e. The van der Waals surface area contributed by atoms with E-state index in [0.717, 1.165) is 26.2 Å². The maximum Gasteiger partial charge on any atom is 0.260 e. The van der Waals surface area contributed by atoms with Crippen molar-refractivity contribution >= 4 is 43.8 Å². The number of nitrogens with one attached hydrogen (secondary N) is 1. The molecule has 7 nitrogen and oxygen atoms in total. The number of hydrazone groups is 1. The van der Waals surface area contributed by atoms with Crippen molar-refractivity contribution in [3.8, 4) is 0 Å². The summed E-state index contributed by atoms with van der Waals surface area (Å²) in [6.07, 6.45) is 2.41. The van der Waals surface area contributed by atoms with Crippen molar-refractivity contribution in [3.05, 3.63) is 51.4 Å². The number of hydrogen-bond acceptors (Lipinski definition) is 5. The first-order chi connectivity index (χ1) is 12.1. The van der Waals surface area contributed by atoms with Crippen LogP contribution in [0.1, 0.15) is 22.6 Å². The second kappa shape index (κ2) is 8.05. The first-order valence-corrected chi connectivity index (χ1v) is 10.3. The van der Waals surface area contributed by atoms with E-state index >= 15 is 0 Å². The minimum atomic E-state index is -3.64. The number of anilines is 1. The van der Waals surface area contributed by atoms with Crippen LogP contribution in [0.15, 0.2) is 38.3 Å². The van der Waals surface area contributed by atoms with Crippen LogP contribution in [0.2, 0.25) is 0 Å². The van der Waals surface area contributed by atoms with Gasteiger partial charge in [0, 0.05) is 6.07 Å². The third kappa shape index (κ3) is 5.18. The van der Waals surface area contributed by atoms with Crippen molar-refractivity contribution < 1.29 is 17.6 Å². The van der Waals surface area contributed by atoms with E-state index in [1.165, 1.54) is 6.21 Å². The summed E-state index contributed by atoms with van der Waals surface area (Å²) < 4.78 is 31.5. The molecule has 1 heterocycles. The van der Waals surface area contributed by atoms with Gasteiger partial charge in [0.1, 0.15) is 18.1 Å². The van der Waals surface area contributed by atoms with Gasteiger partial charge in [-0.15, -0.1) is 0 Å². The molecule has 0 spiro atoms. The molecule has 1 amide bonds. The van der Waals surface area contributed by atoms with E-state index < -0.39 is 15.9 Å². The normalized spacial score (nSPS) is 11.7. The second-order valence-electron chi connectivity index (χ2n) is 5.91. The summed E-state index contributed by atoms with van der Waals surface area (Å²) in [6, 6.07) is 7.14. The number of sulfonamides is 1. The Morgan fingerprint density at radius 2 is 2.00 bits per heavy atom. The van der Waals surface area contributed by atoms with Crippen LogP contribution in [0, 0.1) is 20.8 Å². The van der Waals surface area contributed by atoms with Crippen LogP contribution >= 0.6 is 15.9 Å². The van der Waals surface area contributed by atoms with E-state index in [4.69, 9.17) is 4.42 Å². The van der Waals surface area contributed by atoms with Gasteiger partial charge in [-0.25, -0.2) is 13.8 Å². The average Bonchev–Trinajstić information content (AvgIpc) is 2.85. The van der Waals surface area contributed by atoms with Crippen molar-refractivity contribution in [2.45, 2.75) is 20.8 Å². The third-order valence-corrected chi connectivity index (χ3v) is 5.49. The zero-order valence-corrected chi connectivity index (χ0v) is 17.3. The molecule has 0 aliphatic rings. The Balaban J connectivity index is 2.13. The summed E-state index contributed by atoms with van der Waals surface area (Å²) in [5.41, 5.74) is 4.44. The number of carbonyl (C=O) groups is 1. The fourth-order valence-electron chi connectivity index (χ4n) is 2.25. The Morgan fingerprint density at radius 1 is 1.31 bits per heavy atom. The quantitative estimate of drug-likeness (QED) is 0.550. The molecule has 26 heavy (non-hydrogen) atoms. The molecule has 0 saturated carbocycles. The molecule has 0 radical (unpaired) electrons. The highest BCUT2D eigenvalue weighted by Crippen LogP contribution is 2.23. The molecule has 2 aromatic rings. The lowest BCUT2D eigenvalue weighted by molar-refractivity contribution is -0.119. The highest BCUT2D eigenvalue weighted by atomic mass is 79.9. The molecule has 0 unspecified atom stereocenters. The molecule has 1 N–H and O–H groups in total. The molecule has 0 bridgehead atoms. The highest BCUT2D eigenvalue weighted by Gasteiger charge is 2.22. The summed E-state index contributed by atoms with van der Waals surface area (Å²) in [6.45, 7) is 5.06. The predicted molar refractivity (Wildman–Crippen MR) is 105 cm³/mol. The van der Waals surface area contributed by atoms with E-state index in [1.807, 2.05) is 19.1 Å². The average molecular weight is 442 g/mol. The number of rotatable bonds is 6. The molecule has 1 aromatic heterocycles. The molecule has 9 heteroatoms. The number of carbonyl (C=O) groups excluding carboxylic acids is 1. The monoisotopic (exact) mass is 441 g/mol. The maximum atomic E-state index is 12.2. The molecule has 0 atom stereocenters. The molecular formula is C17H20BrN3O4S. The SMILES string of the molecule is Cc1ccc(C)c(N(CC(=O)N/N=C\c2cc(Br)c(C)o2)S(C)(=O)=O)c1. The number of hydrogen-bond donors (Lipinski definition) is 1. The van der Waals surface area contributed by atoms with Crippen molar-refractivity contribution in [1.29, 1.82) is 0 Å². The lowest BCUT2D eigenvalue weighted by Gasteiger charge is -2.23. The van der Waals surface area contributed by atoms with Gasteiger partial charge in [0.2, 0.25) is 10.0 Å². The fraction of sp³-hybridized carbons (Fsp3) is 0.294. The molecule has 0 saturated heterocycles. The Kier molecular flexibility index (Phi) is 6.25. The minimum Gasteiger partial charge on any atom is -0.459 e. The van der Waals surface area contributed by atoms with E-state index in [-0.39, 0.29) is 6.54 Å². The second-order valence-corrected chi connectivity index (χ2v) is 8.67. The van der Waals surface area contributed by atoms with Gasteiger partial charge in [-0.2, -0.15) is 5.10 Å². The van der Waals surface area contributed by atoms with E-state index in [1.54, 1.807) is 26.0 Å². The van der Waals surface area contributed by atoms with Crippen molar-refractivity contribution in [1.82, 2.24) is 5.43 Å².